The Hall–Kier alpha value is -3.16. The lowest BCUT2D eigenvalue weighted by molar-refractivity contribution is -0.121. The normalized spacial score (nSPS) is 10.9. The second kappa shape index (κ2) is 6.15. The van der Waals surface area contributed by atoms with Crippen LogP contribution in [0, 0.1) is 13.8 Å². The van der Waals surface area contributed by atoms with Gasteiger partial charge in [0, 0.05) is 17.9 Å². The maximum Gasteiger partial charge on any atom is 0.348 e. The molecule has 3 aromatic rings. The Morgan fingerprint density at radius 3 is 2.67 bits per heavy atom. The van der Waals surface area contributed by atoms with Crippen LogP contribution < -0.4 is 16.7 Å². The van der Waals surface area contributed by atoms with Gasteiger partial charge in [-0.15, -0.1) is 0 Å². The van der Waals surface area contributed by atoms with Crippen molar-refractivity contribution >= 4 is 16.9 Å². The van der Waals surface area contributed by atoms with E-state index in [0.717, 1.165) is 5.56 Å². The first-order valence-electron chi connectivity index (χ1n) is 7.45. The third-order valence-electron chi connectivity index (χ3n) is 3.72. The first kappa shape index (κ1) is 15.7. The molecule has 0 fully saturated rings. The third-order valence-corrected chi connectivity index (χ3v) is 3.72. The Balaban J connectivity index is 1.68. The molecule has 0 saturated carbocycles. The number of hydrogen-bond acceptors (Lipinski definition) is 4. The smallest absolute Gasteiger partial charge is 0.348 e. The number of aromatic amines is 2. The molecule has 124 valence electrons. The van der Waals surface area contributed by atoms with Crippen LogP contribution in [0.3, 0.4) is 0 Å². The Kier molecular flexibility index (Phi) is 4.03. The number of carbonyl (C=O) groups is 1. The number of aromatic nitrogens is 4. The molecule has 0 spiro atoms. The average Bonchev–Trinajstić information content (AvgIpc) is 2.88. The summed E-state index contributed by atoms with van der Waals surface area (Å²) in [7, 11) is 0. The van der Waals surface area contributed by atoms with Crippen LogP contribution in [-0.4, -0.2) is 25.4 Å². The van der Waals surface area contributed by atoms with Crippen LogP contribution in [0.1, 0.15) is 17.0 Å². The van der Waals surface area contributed by atoms with Gasteiger partial charge in [-0.2, -0.15) is 4.98 Å². The zero-order valence-corrected chi connectivity index (χ0v) is 13.3. The van der Waals surface area contributed by atoms with Crippen molar-refractivity contribution in [2.24, 2.45) is 0 Å². The molecule has 8 heteroatoms. The number of imidazole rings is 1. The quantitative estimate of drug-likeness (QED) is 0.641. The van der Waals surface area contributed by atoms with E-state index in [4.69, 9.17) is 0 Å². The van der Waals surface area contributed by atoms with E-state index < -0.39 is 5.69 Å². The van der Waals surface area contributed by atoms with E-state index in [1.165, 1.54) is 4.57 Å². The summed E-state index contributed by atoms with van der Waals surface area (Å²) >= 11 is 0. The summed E-state index contributed by atoms with van der Waals surface area (Å²) in [6.07, 6.45) is 0. The Morgan fingerprint density at radius 1 is 1.17 bits per heavy atom. The fraction of sp³-hybridized carbons (Fsp3) is 0.250. The summed E-state index contributed by atoms with van der Waals surface area (Å²) in [6, 6.07) is 7.13. The van der Waals surface area contributed by atoms with Gasteiger partial charge in [0.25, 0.3) is 0 Å². The molecule has 0 saturated heterocycles. The van der Waals surface area contributed by atoms with Gasteiger partial charge in [0.05, 0.1) is 11.0 Å². The molecular weight excluding hydrogens is 310 g/mol. The second-order valence-electron chi connectivity index (χ2n) is 5.64. The first-order valence-corrected chi connectivity index (χ1v) is 7.45. The van der Waals surface area contributed by atoms with Crippen molar-refractivity contribution in [2.45, 2.75) is 26.9 Å². The molecule has 0 atom stereocenters. The lowest BCUT2D eigenvalue weighted by atomic mass is 10.2. The maximum atomic E-state index is 12.1. The van der Waals surface area contributed by atoms with E-state index in [-0.39, 0.29) is 18.1 Å². The summed E-state index contributed by atoms with van der Waals surface area (Å²) in [5.41, 5.74) is 2.85. The Bertz CT molecular complexity index is 1030. The van der Waals surface area contributed by atoms with Gasteiger partial charge in [0.2, 0.25) is 5.91 Å². The predicted molar refractivity (Wildman–Crippen MR) is 88.7 cm³/mol. The van der Waals surface area contributed by atoms with Gasteiger partial charge in [0.15, 0.2) is 0 Å². The lowest BCUT2D eigenvalue weighted by Crippen LogP contribution is -2.34. The summed E-state index contributed by atoms with van der Waals surface area (Å²) in [5, 5.41) is 2.76. The molecule has 0 radical (unpaired) electrons. The number of aryl methyl sites for hydroxylation is 2. The molecule has 0 bridgehead atoms. The van der Waals surface area contributed by atoms with Crippen LogP contribution in [0.4, 0.5) is 0 Å². The highest BCUT2D eigenvalue weighted by Gasteiger charge is 2.09. The van der Waals surface area contributed by atoms with E-state index in [0.29, 0.717) is 29.0 Å². The minimum absolute atomic E-state index is 0.0822. The number of nitrogens with zero attached hydrogens (tertiary/aromatic N) is 2. The number of fused-ring (bicyclic) bond motifs is 1. The number of hydrogen-bond donors (Lipinski definition) is 3. The topological polar surface area (TPSA) is 113 Å². The number of rotatable bonds is 4. The van der Waals surface area contributed by atoms with Crippen LogP contribution in [0.15, 0.2) is 33.9 Å². The molecule has 3 N–H and O–H groups in total. The van der Waals surface area contributed by atoms with Crippen LogP contribution in [0.2, 0.25) is 0 Å². The van der Waals surface area contributed by atoms with Crippen LogP contribution in [0.25, 0.3) is 11.0 Å². The molecule has 2 aromatic heterocycles. The number of amides is 1. The molecule has 0 aliphatic heterocycles. The first-order chi connectivity index (χ1) is 11.4. The van der Waals surface area contributed by atoms with Gasteiger partial charge in [-0.25, -0.2) is 9.59 Å². The molecular formula is C16H17N5O3. The van der Waals surface area contributed by atoms with Crippen molar-refractivity contribution in [3.05, 3.63) is 62.2 Å². The molecule has 0 unspecified atom stereocenters. The summed E-state index contributed by atoms with van der Waals surface area (Å²) in [4.78, 5) is 44.3. The second-order valence-corrected chi connectivity index (χ2v) is 5.64. The maximum absolute atomic E-state index is 12.1. The van der Waals surface area contributed by atoms with Gasteiger partial charge in [-0.1, -0.05) is 6.07 Å². The minimum atomic E-state index is -0.436. The number of H-pyrrole nitrogens is 2. The van der Waals surface area contributed by atoms with Crippen molar-refractivity contribution in [3.8, 4) is 0 Å². The van der Waals surface area contributed by atoms with Gasteiger partial charge in [-0.3, -0.25) is 9.36 Å². The highest BCUT2D eigenvalue weighted by atomic mass is 16.2. The van der Waals surface area contributed by atoms with Gasteiger partial charge < -0.3 is 15.3 Å². The molecule has 1 aromatic carbocycles. The molecule has 2 heterocycles. The fourth-order valence-electron chi connectivity index (χ4n) is 2.56. The summed E-state index contributed by atoms with van der Waals surface area (Å²) in [5.74, 6) is -0.284. The number of benzene rings is 1. The summed E-state index contributed by atoms with van der Waals surface area (Å²) < 4.78 is 1.33. The van der Waals surface area contributed by atoms with E-state index >= 15 is 0 Å². The highest BCUT2D eigenvalue weighted by Crippen LogP contribution is 2.09. The molecule has 1 amide bonds. The van der Waals surface area contributed by atoms with Gasteiger partial charge in [-0.05, 0) is 37.6 Å². The van der Waals surface area contributed by atoms with E-state index in [9.17, 15) is 14.4 Å². The van der Waals surface area contributed by atoms with Crippen molar-refractivity contribution < 1.29 is 4.79 Å². The fourth-order valence-corrected chi connectivity index (χ4v) is 2.56. The molecule has 3 rings (SSSR count). The Labute approximate surface area is 136 Å². The number of carbonyl (C=O) groups excluding carboxylic acids is 1. The monoisotopic (exact) mass is 327 g/mol. The van der Waals surface area contributed by atoms with E-state index in [2.05, 4.69) is 20.3 Å². The number of nitrogens with one attached hydrogen (secondary N) is 3. The van der Waals surface area contributed by atoms with Gasteiger partial charge >= 0.3 is 11.4 Å². The van der Waals surface area contributed by atoms with Crippen molar-refractivity contribution in [1.29, 1.82) is 0 Å². The average molecular weight is 327 g/mol. The predicted octanol–water partition coefficient (Wildman–Crippen LogP) is 0.346. The lowest BCUT2D eigenvalue weighted by Gasteiger charge is -2.10. The molecule has 8 nitrogen and oxygen atoms in total. The minimum Gasteiger partial charge on any atom is -0.350 e. The van der Waals surface area contributed by atoms with E-state index in [1.54, 1.807) is 32.0 Å². The molecule has 0 aliphatic rings. The standard InChI is InChI=1S/C16H17N5O3/c1-9-5-10(2)21(16(24)18-9)8-14(22)17-7-11-3-4-12-13(6-11)20-15(23)19-12/h3-6H,7-8H2,1-2H3,(H,17,22)(H2,19,20,23). The Morgan fingerprint density at radius 2 is 1.92 bits per heavy atom. The largest absolute Gasteiger partial charge is 0.350 e. The van der Waals surface area contributed by atoms with Crippen molar-refractivity contribution in [1.82, 2.24) is 24.8 Å². The molecule has 0 aliphatic carbocycles. The van der Waals surface area contributed by atoms with Crippen LogP contribution in [0.5, 0.6) is 0 Å². The molecule has 24 heavy (non-hydrogen) atoms. The van der Waals surface area contributed by atoms with Crippen LogP contribution >= 0.6 is 0 Å². The summed E-state index contributed by atoms with van der Waals surface area (Å²) in [6.45, 7) is 3.72. The third kappa shape index (κ3) is 3.27. The SMILES string of the molecule is Cc1cc(C)n(CC(=O)NCc2ccc3[nH]c(=O)[nH]c3c2)c(=O)n1. The van der Waals surface area contributed by atoms with Crippen LogP contribution in [-0.2, 0) is 17.9 Å². The van der Waals surface area contributed by atoms with Crippen molar-refractivity contribution in [3.63, 3.8) is 0 Å². The zero-order valence-electron chi connectivity index (χ0n) is 13.3. The zero-order chi connectivity index (χ0) is 17.3. The van der Waals surface area contributed by atoms with Crippen molar-refractivity contribution in [2.75, 3.05) is 0 Å². The van der Waals surface area contributed by atoms with Gasteiger partial charge in [0.1, 0.15) is 6.54 Å². The highest BCUT2D eigenvalue weighted by molar-refractivity contribution is 5.77. The van der Waals surface area contributed by atoms with E-state index in [1.807, 2.05) is 6.07 Å².